The minimum atomic E-state index is -0.139. The Balaban J connectivity index is 1.93. The zero-order valence-corrected chi connectivity index (χ0v) is 12.4. The second kappa shape index (κ2) is 6.92. The molecular weight excluding hydrogens is 276 g/mol. The van der Waals surface area contributed by atoms with Crippen LogP contribution in [-0.2, 0) is 0 Å². The summed E-state index contributed by atoms with van der Waals surface area (Å²) in [5.41, 5.74) is 3.58. The third-order valence-electron chi connectivity index (χ3n) is 3.77. The van der Waals surface area contributed by atoms with E-state index in [2.05, 4.69) is 22.7 Å². The van der Waals surface area contributed by atoms with E-state index in [1.54, 1.807) is 18.2 Å². The van der Waals surface area contributed by atoms with Crippen molar-refractivity contribution in [2.45, 2.75) is 12.8 Å². The number of anilines is 1. The Hall–Kier alpha value is -1.30. The molecule has 1 aromatic rings. The molecule has 0 atom stereocenters. The molecule has 0 spiro atoms. The molecule has 4 N–H and O–H groups in total. The number of nitrogens with one attached hydrogen (secondary N) is 2. The quantitative estimate of drug-likeness (QED) is 0.584. The maximum absolute atomic E-state index is 12.2. The summed E-state index contributed by atoms with van der Waals surface area (Å²) in [4.78, 5) is 14.5. The molecule has 0 aliphatic carbocycles. The minimum absolute atomic E-state index is 0.139. The fraction of sp³-hybridized carbons (Fsp3) is 0.500. The molecule has 0 radical (unpaired) electrons. The Morgan fingerprint density at radius 2 is 2.15 bits per heavy atom. The summed E-state index contributed by atoms with van der Waals surface area (Å²) in [6.07, 6.45) is 2.24. The van der Waals surface area contributed by atoms with E-state index in [0.29, 0.717) is 28.7 Å². The van der Waals surface area contributed by atoms with Gasteiger partial charge in [-0.15, -0.1) is 0 Å². The van der Waals surface area contributed by atoms with E-state index in [4.69, 9.17) is 17.4 Å². The molecule has 1 fully saturated rings. The van der Waals surface area contributed by atoms with Crippen LogP contribution >= 0.6 is 11.6 Å². The number of piperidine rings is 1. The lowest BCUT2D eigenvalue weighted by Crippen LogP contribution is -2.37. The molecule has 1 amide bonds. The Bertz CT molecular complexity index is 472. The van der Waals surface area contributed by atoms with Gasteiger partial charge in [-0.3, -0.25) is 10.6 Å². The van der Waals surface area contributed by atoms with E-state index in [1.165, 1.54) is 0 Å². The maximum atomic E-state index is 12.2. The smallest absolute Gasteiger partial charge is 0.253 e. The third kappa shape index (κ3) is 3.85. The molecular formula is C14H21ClN4O. The highest BCUT2D eigenvalue weighted by Crippen LogP contribution is 2.20. The molecule has 110 valence electrons. The number of hydrazine groups is 1. The second-order valence-electron chi connectivity index (χ2n) is 5.29. The van der Waals surface area contributed by atoms with Gasteiger partial charge in [-0.2, -0.15) is 0 Å². The molecule has 1 heterocycles. The second-order valence-corrected chi connectivity index (χ2v) is 5.73. The summed E-state index contributed by atoms with van der Waals surface area (Å²) in [7, 11) is 2.12. The van der Waals surface area contributed by atoms with E-state index < -0.39 is 0 Å². The number of carbonyl (C=O) groups excluding carboxylic acids is 1. The highest BCUT2D eigenvalue weighted by Gasteiger charge is 2.18. The van der Waals surface area contributed by atoms with Crippen LogP contribution in [-0.4, -0.2) is 37.5 Å². The van der Waals surface area contributed by atoms with Crippen molar-refractivity contribution in [3.63, 3.8) is 0 Å². The van der Waals surface area contributed by atoms with E-state index in [0.717, 1.165) is 25.9 Å². The number of hydrogen-bond acceptors (Lipinski definition) is 4. The standard InChI is InChI=1S/C14H21ClN4O/c1-19-6-4-10(5-7-19)9-17-14(20)12-8-11(15)2-3-13(12)18-16/h2-3,8,10,18H,4-7,9,16H2,1H3,(H,17,20). The van der Waals surface area contributed by atoms with Crippen LogP contribution in [0.2, 0.25) is 5.02 Å². The lowest BCUT2D eigenvalue weighted by Gasteiger charge is -2.29. The van der Waals surface area contributed by atoms with Gasteiger partial charge in [0.2, 0.25) is 0 Å². The van der Waals surface area contributed by atoms with Crippen molar-refractivity contribution in [1.82, 2.24) is 10.2 Å². The monoisotopic (exact) mass is 296 g/mol. The summed E-state index contributed by atoms with van der Waals surface area (Å²) in [5.74, 6) is 5.82. The van der Waals surface area contributed by atoms with Gasteiger partial charge in [0.15, 0.2) is 0 Å². The number of nitrogens with two attached hydrogens (primary N) is 1. The Kier molecular flexibility index (Phi) is 5.23. The van der Waals surface area contributed by atoms with Crippen molar-refractivity contribution < 1.29 is 4.79 Å². The van der Waals surface area contributed by atoms with Crippen LogP contribution in [0.3, 0.4) is 0 Å². The number of carbonyl (C=O) groups is 1. The first kappa shape index (κ1) is 15.1. The largest absolute Gasteiger partial charge is 0.352 e. The Labute approximate surface area is 124 Å². The van der Waals surface area contributed by atoms with Crippen LogP contribution < -0.4 is 16.6 Å². The van der Waals surface area contributed by atoms with Crippen molar-refractivity contribution in [2.24, 2.45) is 11.8 Å². The first-order valence-corrected chi connectivity index (χ1v) is 7.21. The SMILES string of the molecule is CN1CCC(CNC(=O)c2cc(Cl)ccc2NN)CC1. The van der Waals surface area contributed by atoms with Gasteiger partial charge in [0.05, 0.1) is 11.3 Å². The minimum Gasteiger partial charge on any atom is -0.352 e. The molecule has 0 aromatic heterocycles. The van der Waals surface area contributed by atoms with Gasteiger partial charge in [-0.05, 0) is 57.1 Å². The number of nitrogens with zero attached hydrogens (tertiary/aromatic N) is 1. The molecule has 0 bridgehead atoms. The molecule has 1 aliphatic heterocycles. The topological polar surface area (TPSA) is 70.4 Å². The maximum Gasteiger partial charge on any atom is 0.253 e. The average Bonchev–Trinajstić information content (AvgIpc) is 2.46. The highest BCUT2D eigenvalue weighted by molar-refractivity contribution is 6.31. The summed E-state index contributed by atoms with van der Waals surface area (Å²) in [5, 5.41) is 3.50. The van der Waals surface area contributed by atoms with Crippen LogP contribution in [0.5, 0.6) is 0 Å². The van der Waals surface area contributed by atoms with Gasteiger partial charge in [0, 0.05) is 11.6 Å². The molecule has 20 heavy (non-hydrogen) atoms. The van der Waals surface area contributed by atoms with Crippen LogP contribution in [0.1, 0.15) is 23.2 Å². The van der Waals surface area contributed by atoms with E-state index >= 15 is 0 Å². The van der Waals surface area contributed by atoms with Crippen LogP contribution in [0.25, 0.3) is 0 Å². The number of benzene rings is 1. The summed E-state index contributed by atoms with van der Waals surface area (Å²) in [6.45, 7) is 2.88. The zero-order valence-electron chi connectivity index (χ0n) is 11.7. The number of nitrogen functional groups attached to an aromatic ring is 1. The molecule has 0 unspecified atom stereocenters. The van der Waals surface area contributed by atoms with Crippen LogP contribution in [0.4, 0.5) is 5.69 Å². The van der Waals surface area contributed by atoms with Gasteiger partial charge in [-0.1, -0.05) is 11.6 Å². The number of halogens is 1. The lowest BCUT2D eigenvalue weighted by molar-refractivity contribution is 0.0940. The normalized spacial score (nSPS) is 16.9. The summed E-state index contributed by atoms with van der Waals surface area (Å²) >= 11 is 5.93. The third-order valence-corrected chi connectivity index (χ3v) is 4.01. The van der Waals surface area contributed by atoms with Crippen molar-refractivity contribution >= 4 is 23.2 Å². The number of amides is 1. The van der Waals surface area contributed by atoms with Gasteiger partial charge in [-0.25, -0.2) is 0 Å². The lowest BCUT2D eigenvalue weighted by atomic mass is 9.97. The van der Waals surface area contributed by atoms with Gasteiger partial charge < -0.3 is 15.6 Å². The number of rotatable bonds is 4. The Morgan fingerprint density at radius 1 is 1.45 bits per heavy atom. The predicted molar refractivity (Wildman–Crippen MR) is 81.8 cm³/mol. The van der Waals surface area contributed by atoms with Crippen LogP contribution in [0.15, 0.2) is 18.2 Å². The van der Waals surface area contributed by atoms with Gasteiger partial charge in [0.1, 0.15) is 0 Å². The van der Waals surface area contributed by atoms with Crippen molar-refractivity contribution in [3.05, 3.63) is 28.8 Å². The average molecular weight is 297 g/mol. The summed E-state index contributed by atoms with van der Waals surface area (Å²) in [6, 6.07) is 5.03. The van der Waals surface area contributed by atoms with Gasteiger partial charge in [0.25, 0.3) is 5.91 Å². The molecule has 2 rings (SSSR count). The summed E-state index contributed by atoms with van der Waals surface area (Å²) < 4.78 is 0. The first-order chi connectivity index (χ1) is 9.60. The molecule has 1 saturated heterocycles. The molecule has 0 saturated carbocycles. The van der Waals surface area contributed by atoms with Crippen LogP contribution in [0, 0.1) is 5.92 Å². The first-order valence-electron chi connectivity index (χ1n) is 6.83. The molecule has 1 aliphatic rings. The number of hydrogen-bond donors (Lipinski definition) is 3. The van der Waals surface area contributed by atoms with E-state index in [9.17, 15) is 4.79 Å². The van der Waals surface area contributed by atoms with E-state index in [1.807, 2.05) is 0 Å². The highest BCUT2D eigenvalue weighted by atomic mass is 35.5. The van der Waals surface area contributed by atoms with E-state index in [-0.39, 0.29) is 5.91 Å². The molecule has 1 aromatic carbocycles. The molecule has 6 heteroatoms. The van der Waals surface area contributed by atoms with Crippen molar-refractivity contribution in [3.8, 4) is 0 Å². The predicted octanol–water partition coefficient (Wildman–Crippen LogP) is 1.70. The fourth-order valence-electron chi connectivity index (χ4n) is 2.43. The zero-order chi connectivity index (χ0) is 14.5. The molecule has 5 nitrogen and oxygen atoms in total. The Morgan fingerprint density at radius 3 is 2.80 bits per heavy atom. The van der Waals surface area contributed by atoms with Crippen molar-refractivity contribution in [1.29, 1.82) is 0 Å². The number of likely N-dealkylation sites (tertiary alicyclic amines) is 1. The fourth-order valence-corrected chi connectivity index (χ4v) is 2.60. The van der Waals surface area contributed by atoms with Gasteiger partial charge >= 0.3 is 0 Å². The van der Waals surface area contributed by atoms with Crippen molar-refractivity contribution in [2.75, 3.05) is 32.1 Å².